The standard InChI is InChI=1S/C16H18N2O3/c1-11(20)14-7-15(18(2)9-14)16(21)17-8-12-4-3-5-13(6-12)10-19/h3-7,9,19H,8,10H2,1-2H3,(H,17,21). The first-order valence-corrected chi connectivity index (χ1v) is 6.65. The summed E-state index contributed by atoms with van der Waals surface area (Å²) < 4.78 is 1.64. The van der Waals surface area contributed by atoms with E-state index in [2.05, 4.69) is 5.32 Å². The van der Waals surface area contributed by atoms with Gasteiger partial charge in [0.2, 0.25) is 0 Å². The molecule has 2 rings (SSSR count). The molecule has 0 saturated heterocycles. The molecule has 0 aliphatic rings. The average molecular weight is 286 g/mol. The quantitative estimate of drug-likeness (QED) is 0.821. The molecule has 5 nitrogen and oxygen atoms in total. The number of benzene rings is 1. The number of aliphatic hydroxyl groups excluding tert-OH is 1. The third-order valence-electron chi connectivity index (χ3n) is 3.27. The highest BCUT2D eigenvalue weighted by Crippen LogP contribution is 2.09. The smallest absolute Gasteiger partial charge is 0.268 e. The molecular formula is C16H18N2O3. The van der Waals surface area contributed by atoms with Crippen LogP contribution in [0.1, 0.15) is 38.9 Å². The van der Waals surface area contributed by atoms with Crippen LogP contribution in [0, 0.1) is 0 Å². The Labute approximate surface area is 123 Å². The fourth-order valence-corrected chi connectivity index (χ4v) is 2.09. The molecule has 21 heavy (non-hydrogen) atoms. The van der Waals surface area contributed by atoms with Crippen molar-refractivity contribution in [1.82, 2.24) is 9.88 Å². The Hall–Kier alpha value is -2.40. The molecular weight excluding hydrogens is 268 g/mol. The van der Waals surface area contributed by atoms with Crippen molar-refractivity contribution >= 4 is 11.7 Å². The summed E-state index contributed by atoms with van der Waals surface area (Å²) in [7, 11) is 1.73. The number of Topliss-reactive ketones (excluding diaryl/α,β-unsaturated/α-hetero) is 1. The number of amides is 1. The van der Waals surface area contributed by atoms with Gasteiger partial charge >= 0.3 is 0 Å². The van der Waals surface area contributed by atoms with Gasteiger partial charge in [0.1, 0.15) is 5.69 Å². The molecule has 110 valence electrons. The largest absolute Gasteiger partial charge is 0.392 e. The first kappa shape index (κ1) is 15.0. The second-order valence-corrected chi connectivity index (χ2v) is 4.94. The summed E-state index contributed by atoms with van der Waals surface area (Å²) in [4.78, 5) is 23.5. The molecule has 0 aliphatic carbocycles. The van der Waals surface area contributed by atoms with E-state index in [1.54, 1.807) is 23.9 Å². The first-order valence-electron chi connectivity index (χ1n) is 6.65. The molecule has 1 heterocycles. The number of nitrogens with zero attached hydrogens (tertiary/aromatic N) is 1. The van der Waals surface area contributed by atoms with Crippen molar-refractivity contribution in [3.63, 3.8) is 0 Å². The van der Waals surface area contributed by atoms with Gasteiger partial charge in [0.05, 0.1) is 6.61 Å². The number of aliphatic hydroxyl groups is 1. The molecule has 0 radical (unpaired) electrons. The number of hydrogen-bond donors (Lipinski definition) is 2. The van der Waals surface area contributed by atoms with E-state index in [0.717, 1.165) is 11.1 Å². The topological polar surface area (TPSA) is 71.3 Å². The lowest BCUT2D eigenvalue weighted by Crippen LogP contribution is -2.24. The van der Waals surface area contributed by atoms with Crippen molar-refractivity contribution in [2.24, 2.45) is 7.05 Å². The van der Waals surface area contributed by atoms with E-state index in [1.165, 1.54) is 6.92 Å². The monoisotopic (exact) mass is 286 g/mol. The summed E-state index contributed by atoms with van der Waals surface area (Å²) in [5.41, 5.74) is 2.68. The highest BCUT2D eigenvalue weighted by molar-refractivity contribution is 5.99. The van der Waals surface area contributed by atoms with E-state index >= 15 is 0 Å². The highest BCUT2D eigenvalue weighted by Gasteiger charge is 2.13. The van der Waals surface area contributed by atoms with Crippen LogP contribution in [0.4, 0.5) is 0 Å². The molecule has 0 aliphatic heterocycles. The summed E-state index contributed by atoms with van der Waals surface area (Å²) in [5.74, 6) is -0.306. The van der Waals surface area contributed by atoms with Crippen molar-refractivity contribution in [1.29, 1.82) is 0 Å². The van der Waals surface area contributed by atoms with Crippen LogP contribution in [-0.2, 0) is 20.2 Å². The molecule has 2 aromatic rings. The lowest BCUT2D eigenvalue weighted by Gasteiger charge is -2.07. The maximum atomic E-state index is 12.1. The molecule has 1 aromatic carbocycles. The van der Waals surface area contributed by atoms with Crippen molar-refractivity contribution in [2.75, 3.05) is 0 Å². The number of nitrogens with one attached hydrogen (secondary N) is 1. The van der Waals surface area contributed by atoms with Gasteiger partial charge in [0.25, 0.3) is 5.91 Å². The van der Waals surface area contributed by atoms with Crippen molar-refractivity contribution < 1.29 is 14.7 Å². The summed E-state index contributed by atoms with van der Waals surface area (Å²) in [6.45, 7) is 1.81. The van der Waals surface area contributed by atoms with Gasteiger partial charge in [0, 0.05) is 25.4 Å². The predicted octanol–water partition coefficient (Wildman–Crippen LogP) is 1.65. The summed E-state index contributed by atoms with van der Waals surface area (Å²) in [6.07, 6.45) is 1.64. The van der Waals surface area contributed by atoms with E-state index in [0.29, 0.717) is 17.8 Å². The Morgan fingerprint density at radius 3 is 2.57 bits per heavy atom. The lowest BCUT2D eigenvalue weighted by atomic mass is 10.1. The van der Waals surface area contributed by atoms with E-state index in [9.17, 15) is 9.59 Å². The average Bonchev–Trinajstić information content (AvgIpc) is 2.87. The Balaban J connectivity index is 2.06. The van der Waals surface area contributed by atoms with Gasteiger partial charge in [-0.1, -0.05) is 24.3 Å². The molecule has 1 amide bonds. The molecule has 2 N–H and O–H groups in total. The Bertz CT molecular complexity index is 674. The third-order valence-corrected chi connectivity index (χ3v) is 3.27. The molecule has 0 spiro atoms. The van der Waals surface area contributed by atoms with Crippen LogP contribution in [0.25, 0.3) is 0 Å². The molecule has 0 fully saturated rings. The van der Waals surface area contributed by atoms with Crippen LogP contribution in [0.3, 0.4) is 0 Å². The maximum Gasteiger partial charge on any atom is 0.268 e. The van der Waals surface area contributed by atoms with Gasteiger partial charge in [-0.3, -0.25) is 9.59 Å². The number of aryl methyl sites for hydroxylation is 1. The predicted molar refractivity (Wildman–Crippen MR) is 79.0 cm³/mol. The number of rotatable bonds is 5. The Morgan fingerprint density at radius 1 is 1.24 bits per heavy atom. The minimum atomic E-state index is -0.237. The molecule has 0 unspecified atom stereocenters. The zero-order valence-electron chi connectivity index (χ0n) is 12.1. The second kappa shape index (κ2) is 6.37. The third kappa shape index (κ3) is 3.58. The second-order valence-electron chi connectivity index (χ2n) is 4.94. The van der Waals surface area contributed by atoms with E-state index in [1.807, 2.05) is 24.3 Å². The van der Waals surface area contributed by atoms with Gasteiger partial charge < -0.3 is 15.0 Å². The fourth-order valence-electron chi connectivity index (χ4n) is 2.09. The van der Waals surface area contributed by atoms with E-state index < -0.39 is 0 Å². The van der Waals surface area contributed by atoms with Crippen LogP contribution in [0.2, 0.25) is 0 Å². The number of ketones is 1. The van der Waals surface area contributed by atoms with Crippen molar-refractivity contribution in [2.45, 2.75) is 20.1 Å². The Morgan fingerprint density at radius 2 is 1.95 bits per heavy atom. The number of carbonyl (C=O) groups excluding carboxylic acids is 2. The first-order chi connectivity index (χ1) is 10.0. The van der Waals surface area contributed by atoms with Gasteiger partial charge in [-0.25, -0.2) is 0 Å². The van der Waals surface area contributed by atoms with Crippen LogP contribution >= 0.6 is 0 Å². The maximum absolute atomic E-state index is 12.1. The normalized spacial score (nSPS) is 10.4. The minimum Gasteiger partial charge on any atom is -0.392 e. The summed E-state index contributed by atoms with van der Waals surface area (Å²) in [6, 6.07) is 8.96. The molecule has 1 aromatic heterocycles. The molecule has 0 atom stereocenters. The SMILES string of the molecule is CC(=O)c1cc(C(=O)NCc2cccc(CO)c2)n(C)c1. The fraction of sp³-hybridized carbons (Fsp3) is 0.250. The minimum absolute atomic E-state index is 0.0262. The van der Waals surface area contributed by atoms with Crippen LogP contribution in [-0.4, -0.2) is 21.4 Å². The van der Waals surface area contributed by atoms with Crippen LogP contribution in [0.5, 0.6) is 0 Å². The number of hydrogen-bond acceptors (Lipinski definition) is 3. The molecule has 5 heteroatoms. The van der Waals surface area contributed by atoms with Gasteiger partial charge in [-0.05, 0) is 24.1 Å². The van der Waals surface area contributed by atoms with Crippen molar-refractivity contribution in [3.8, 4) is 0 Å². The molecule has 0 bridgehead atoms. The highest BCUT2D eigenvalue weighted by atomic mass is 16.3. The van der Waals surface area contributed by atoms with E-state index in [-0.39, 0.29) is 18.3 Å². The van der Waals surface area contributed by atoms with Gasteiger partial charge in [-0.15, -0.1) is 0 Å². The number of aromatic nitrogens is 1. The number of carbonyl (C=O) groups is 2. The zero-order valence-corrected chi connectivity index (χ0v) is 12.1. The van der Waals surface area contributed by atoms with Crippen LogP contribution < -0.4 is 5.32 Å². The molecule has 0 saturated carbocycles. The van der Waals surface area contributed by atoms with E-state index in [4.69, 9.17) is 5.11 Å². The van der Waals surface area contributed by atoms with Gasteiger partial charge in [0.15, 0.2) is 5.78 Å². The zero-order chi connectivity index (χ0) is 15.4. The summed E-state index contributed by atoms with van der Waals surface area (Å²) in [5, 5.41) is 11.9. The lowest BCUT2D eigenvalue weighted by molar-refractivity contribution is 0.0942. The summed E-state index contributed by atoms with van der Waals surface area (Å²) >= 11 is 0. The van der Waals surface area contributed by atoms with Gasteiger partial charge in [-0.2, -0.15) is 0 Å². The van der Waals surface area contributed by atoms with Crippen molar-refractivity contribution in [3.05, 3.63) is 58.9 Å². The van der Waals surface area contributed by atoms with Crippen LogP contribution in [0.15, 0.2) is 36.5 Å². The Kier molecular flexibility index (Phi) is 4.55.